The van der Waals surface area contributed by atoms with E-state index in [1.807, 2.05) is 19.9 Å². The van der Waals surface area contributed by atoms with Gasteiger partial charge in [0.25, 0.3) is 5.91 Å². The smallest absolute Gasteiger partial charge is 0.256 e. The molecule has 1 saturated heterocycles. The Hall–Kier alpha value is -1.46. The molecule has 1 atom stereocenters. The van der Waals surface area contributed by atoms with Crippen molar-refractivity contribution in [1.29, 1.82) is 0 Å². The van der Waals surface area contributed by atoms with Crippen LogP contribution in [0.3, 0.4) is 0 Å². The topological polar surface area (TPSA) is 50.3 Å². The lowest BCUT2D eigenvalue weighted by atomic mass is 10.1. The minimum atomic E-state index is -0.906. The Morgan fingerprint density at radius 2 is 2.14 bits per heavy atom. The molecule has 2 aromatic rings. The third-order valence-electron chi connectivity index (χ3n) is 3.97. The van der Waals surface area contributed by atoms with Crippen molar-refractivity contribution in [2.45, 2.75) is 18.6 Å². The summed E-state index contributed by atoms with van der Waals surface area (Å²) in [5, 5.41) is 1.36. The van der Waals surface area contributed by atoms with Gasteiger partial charge in [0.1, 0.15) is 0 Å². The molecule has 0 saturated carbocycles. The Morgan fingerprint density at radius 3 is 2.86 bits per heavy atom. The SMILES string of the molecule is CC1(C)CN(C(=O)c2ccc(Cl)c3cccnc23)CCS1=O. The number of nitrogens with zero attached hydrogens (tertiary/aromatic N) is 2. The number of carbonyl (C=O) groups excluding carboxylic acids is 1. The highest BCUT2D eigenvalue weighted by molar-refractivity contribution is 7.86. The zero-order valence-electron chi connectivity index (χ0n) is 12.5. The number of benzene rings is 1. The first-order valence-corrected chi connectivity index (χ1v) is 8.81. The van der Waals surface area contributed by atoms with E-state index in [0.717, 1.165) is 5.39 Å². The van der Waals surface area contributed by atoms with Crippen molar-refractivity contribution in [3.8, 4) is 0 Å². The molecule has 3 rings (SSSR count). The number of halogens is 1. The van der Waals surface area contributed by atoms with Gasteiger partial charge in [-0.05, 0) is 38.1 Å². The summed E-state index contributed by atoms with van der Waals surface area (Å²) in [6.45, 7) is 4.85. The second-order valence-corrected chi connectivity index (χ2v) is 8.64. The highest BCUT2D eigenvalue weighted by Gasteiger charge is 2.35. The van der Waals surface area contributed by atoms with Crippen LogP contribution in [0, 0.1) is 0 Å². The molecule has 0 radical (unpaired) electrons. The largest absolute Gasteiger partial charge is 0.336 e. The van der Waals surface area contributed by atoms with Gasteiger partial charge < -0.3 is 4.90 Å². The van der Waals surface area contributed by atoms with Crippen LogP contribution < -0.4 is 0 Å². The van der Waals surface area contributed by atoms with Crippen LogP contribution in [0.2, 0.25) is 5.02 Å². The van der Waals surface area contributed by atoms with E-state index in [0.29, 0.717) is 34.9 Å². The molecule has 1 aromatic carbocycles. The second kappa shape index (κ2) is 5.63. The molecule has 2 heterocycles. The summed E-state index contributed by atoms with van der Waals surface area (Å²) in [4.78, 5) is 18.9. The van der Waals surface area contributed by atoms with Crippen LogP contribution in [0.5, 0.6) is 0 Å². The first kappa shape index (κ1) is 15.4. The van der Waals surface area contributed by atoms with Gasteiger partial charge in [-0.15, -0.1) is 0 Å². The number of aromatic nitrogens is 1. The predicted octanol–water partition coefficient (Wildman–Crippen LogP) is 2.87. The van der Waals surface area contributed by atoms with E-state index < -0.39 is 10.8 Å². The molecule has 22 heavy (non-hydrogen) atoms. The number of hydrogen-bond acceptors (Lipinski definition) is 3. The summed E-state index contributed by atoms with van der Waals surface area (Å²) in [7, 11) is -0.906. The van der Waals surface area contributed by atoms with Crippen LogP contribution in [0.25, 0.3) is 10.9 Å². The van der Waals surface area contributed by atoms with Gasteiger partial charge in [-0.2, -0.15) is 0 Å². The molecule has 1 aliphatic rings. The van der Waals surface area contributed by atoms with Gasteiger partial charge in [0.2, 0.25) is 0 Å². The lowest BCUT2D eigenvalue weighted by Crippen LogP contribution is -2.52. The maximum Gasteiger partial charge on any atom is 0.256 e. The molecular formula is C16H17ClN2O2S. The molecule has 1 fully saturated rings. The Balaban J connectivity index is 2.00. The highest BCUT2D eigenvalue weighted by Crippen LogP contribution is 2.27. The Morgan fingerprint density at radius 1 is 1.36 bits per heavy atom. The zero-order chi connectivity index (χ0) is 15.9. The van der Waals surface area contributed by atoms with Crippen molar-refractivity contribution in [2.75, 3.05) is 18.8 Å². The van der Waals surface area contributed by atoms with Crippen molar-refractivity contribution < 1.29 is 9.00 Å². The molecule has 1 amide bonds. The fourth-order valence-corrected chi connectivity index (χ4v) is 4.19. The molecular weight excluding hydrogens is 320 g/mol. The van der Waals surface area contributed by atoms with Crippen LogP contribution >= 0.6 is 11.6 Å². The van der Waals surface area contributed by atoms with Crippen molar-refractivity contribution in [2.24, 2.45) is 0 Å². The number of hydrogen-bond donors (Lipinski definition) is 0. The van der Waals surface area contributed by atoms with E-state index in [1.54, 1.807) is 29.3 Å². The number of amides is 1. The first-order valence-electron chi connectivity index (χ1n) is 7.11. The third-order valence-corrected chi connectivity index (χ3v) is 6.21. The molecule has 1 unspecified atom stereocenters. The molecule has 1 aromatic heterocycles. The number of rotatable bonds is 1. The monoisotopic (exact) mass is 336 g/mol. The van der Waals surface area contributed by atoms with Gasteiger partial charge in [0.15, 0.2) is 0 Å². The molecule has 1 aliphatic heterocycles. The molecule has 0 N–H and O–H groups in total. The molecule has 4 nitrogen and oxygen atoms in total. The van der Waals surface area contributed by atoms with Crippen molar-refractivity contribution in [1.82, 2.24) is 9.88 Å². The maximum atomic E-state index is 12.9. The standard InChI is InChI=1S/C16H17ClN2O2S/c1-16(2)10-19(8-9-22(16)21)15(20)12-5-6-13(17)11-4-3-7-18-14(11)12/h3-7H,8-10H2,1-2H3. The Bertz CT molecular complexity index is 776. The maximum absolute atomic E-state index is 12.9. The minimum absolute atomic E-state index is 0.0786. The first-order chi connectivity index (χ1) is 10.4. The molecule has 0 aliphatic carbocycles. The van der Waals surface area contributed by atoms with E-state index >= 15 is 0 Å². The van der Waals surface area contributed by atoms with Gasteiger partial charge in [0, 0.05) is 41.2 Å². The fraction of sp³-hybridized carbons (Fsp3) is 0.375. The number of fused-ring (bicyclic) bond motifs is 1. The fourth-order valence-electron chi connectivity index (χ4n) is 2.73. The molecule has 116 valence electrons. The highest BCUT2D eigenvalue weighted by atomic mass is 35.5. The second-order valence-electron chi connectivity index (χ2n) is 6.03. The summed E-state index contributed by atoms with van der Waals surface area (Å²) in [6.07, 6.45) is 1.66. The van der Waals surface area contributed by atoms with Gasteiger partial charge in [0.05, 0.1) is 20.8 Å². The van der Waals surface area contributed by atoms with Gasteiger partial charge in [-0.3, -0.25) is 14.0 Å². The minimum Gasteiger partial charge on any atom is -0.336 e. The summed E-state index contributed by atoms with van der Waals surface area (Å²) in [5.74, 6) is 0.433. The van der Waals surface area contributed by atoms with E-state index in [-0.39, 0.29) is 10.7 Å². The Labute approximate surface area is 136 Å². The predicted molar refractivity (Wildman–Crippen MR) is 89.7 cm³/mol. The summed E-state index contributed by atoms with van der Waals surface area (Å²) >= 11 is 6.18. The lowest BCUT2D eigenvalue weighted by molar-refractivity contribution is 0.0747. The van der Waals surface area contributed by atoms with Crippen LogP contribution in [-0.4, -0.2) is 43.6 Å². The van der Waals surface area contributed by atoms with E-state index in [9.17, 15) is 9.00 Å². The van der Waals surface area contributed by atoms with Crippen LogP contribution in [0.1, 0.15) is 24.2 Å². The number of pyridine rings is 1. The average Bonchev–Trinajstić information content (AvgIpc) is 2.50. The molecule has 0 bridgehead atoms. The normalized spacial score (nSPS) is 21.0. The van der Waals surface area contributed by atoms with Gasteiger partial charge >= 0.3 is 0 Å². The third kappa shape index (κ3) is 2.63. The van der Waals surface area contributed by atoms with Gasteiger partial charge in [-0.1, -0.05) is 11.6 Å². The van der Waals surface area contributed by atoms with Crippen molar-refractivity contribution in [3.63, 3.8) is 0 Å². The van der Waals surface area contributed by atoms with Crippen LogP contribution in [-0.2, 0) is 10.8 Å². The average molecular weight is 337 g/mol. The number of carbonyl (C=O) groups is 1. The molecule has 0 spiro atoms. The summed E-state index contributed by atoms with van der Waals surface area (Å²) in [6, 6.07) is 7.11. The Kier molecular flexibility index (Phi) is 3.95. The van der Waals surface area contributed by atoms with E-state index in [4.69, 9.17) is 11.6 Å². The molecule has 6 heteroatoms. The van der Waals surface area contributed by atoms with E-state index in [2.05, 4.69) is 4.98 Å². The van der Waals surface area contributed by atoms with Gasteiger partial charge in [-0.25, -0.2) is 0 Å². The summed E-state index contributed by atoms with van der Waals surface area (Å²) < 4.78 is 11.6. The quantitative estimate of drug-likeness (QED) is 0.804. The summed E-state index contributed by atoms with van der Waals surface area (Å²) in [5.41, 5.74) is 1.16. The van der Waals surface area contributed by atoms with Crippen molar-refractivity contribution in [3.05, 3.63) is 41.0 Å². The zero-order valence-corrected chi connectivity index (χ0v) is 14.1. The van der Waals surface area contributed by atoms with Crippen molar-refractivity contribution >= 4 is 39.2 Å². The van der Waals surface area contributed by atoms with Crippen LogP contribution in [0.4, 0.5) is 0 Å². The van der Waals surface area contributed by atoms with Crippen LogP contribution in [0.15, 0.2) is 30.5 Å². The lowest BCUT2D eigenvalue weighted by Gasteiger charge is -2.37. The van der Waals surface area contributed by atoms with E-state index in [1.165, 1.54) is 0 Å².